The molecule has 0 unspecified atom stereocenters. The van der Waals surface area contributed by atoms with Crippen molar-refractivity contribution >= 4 is 33.2 Å². The number of rotatable bonds is 2. The first-order valence-electron chi connectivity index (χ1n) is 4.32. The van der Waals surface area contributed by atoms with Crippen LogP contribution in [0.2, 0.25) is 0 Å². The number of hydrogen-bond donors (Lipinski definition) is 1. The van der Waals surface area contributed by atoms with E-state index in [0.29, 0.717) is 11.2 Å². The molecule has 0 spiro atoms. The quantitative estimate of drug-likeness (QED) is 0.802. The van der Waals surface area contributed by atoms with Crippen molar-refractivity contribution < 1.29 is 0 Å². The van der Waals surface area contributed by atoms with Crippen LogP contribution in [0.3, 0.4) is 0 Å². The molecule has 3 nitrogen and oxygen atoms in total. The Labute approximate surface area is 89.8 Å². The minimum Gasteiger partial charge on any atom is -0.309 e. The van der Waals surface area contributed by atoms with Crippen molar-refractivity contribution in [2.75, 3.05) is 0 Å². The van der Waals surface area contributed by atoms with Crippen LogP contribution in [0.15, 0.2) is 10.9 Å². The van der Waals surface area contributed by atoms with Crippen molar-refractivity contribution in [2.45, 2.75) is 19.2 Å². The molecule has 2 heterocycles. The van der Waals surface area contributed by atoms with Crippen molar-refractivity contribution in [1.29, 1.82) is 0 Å². The van der Waals surface area contributed by atoms with Gasteiger partial charge in [-0.3, -0.25) is 4.79 Å². The summed E-state index contributed by atoms with van der Waals surface area (Å²) in [6, 6.07) is 1.89. The Kier molecular flexibility index (Phi) is 2.56. The lowest BCUT2D eigenvalue weighted by atomic mass is 10.3. The maximum Gasteiger partial charge on any atom is 0.259 e. The summed E-state index contributed by atoms with van der Waals surface area (Å²) in [5.41, 5.74) is -0.0957. The molecule has 1 N–H and O–H groups in total. The molecule has 2 rings (SSSR count). The minimum atomic E-state index is -0.0957. The van der Waals surface area contributed by atoms with Crippen LogP contribution in [-0.2, 0) is 12.3 Å². The molecule has 0 aliphatic heterocycles. The van der Waals surface area contributed by atoms with Crippen LogP contribution in [0.5, 0.6) is 0 Å². The van der Waals surface area contributed by atoms with E-state index in [0.717, 1.165) is 11.3 Å². The van der Waals surface area contributed by atoms with Crippen LogP contribution in [0.4, 0.5) is 0 Å². The number of alkyl halides is 1. The summed E-state index contributed by atoms with van der Waals surface area (Å²) in [6.07, 6.45) is 0.927. The van der Waals surface area contributed by atoms with Crippen molar-refractivity contribution in [3.05, 3.63) is 27.1 Å². The van der Waals surface area contributed by atoms with Crippen LogP contribution in [0.1, 0.15) is 17.6 Å². The summed E-state index contributed by atoms with van der Waals surface area (Å²) in [7, 11) is 0. The number of nitrogens with one attached hydrogen (secondary N) is 1. The van der Waals surface area contributed by atoms with Crippen molar-refractivity contribution in [3.63, 3.8) is 0 Å². The Balaban J connectivity index is 2.73. The molecule has 74 valence electrons. The molecule has 0 aliphatic rings. The number of aromatic amines is 1. The summed E-state index contributed by atoms with van der Waals surface area (Å²) in [4.78, 5) is 20.4. The van der Waals surface area contributed by atoms with E-state index < -0.39 is 0 Å². The van der Waals surface area contributed by atoms with Gasteiger partial charge >= 0.3 is 0 Å². The molecule has 2 aromatic heterocycles. The number of fused-ring (bicyclic) bond motifs is 1. The number of H-pyrrole nitrogens is 1. The predicted molar refractivity (Wildman–Crippen MR) is 59.2 cm³/mol. The smallest absolute Gasteiger partial charge is 0.259 e. The minimum absolute atomic E-state index is 0.0957. The average molecular weight is 229 g/mol. The second-order valence-corrected chi connectivity index (χ2v) is 4.31. The maximum atomic E-state index is 11.5. The Morgan fingerprint density at radius 3 is 3.07 bits per heavy atom. The molecule has 2 aromatic rings. The van der Waals surface area contributed by atoms with E-state index in [1.165, 1.54) is 4.88 Å². The fourth-order valence-corrected chi connectivity index (χ4v) is 2.38. The highest BCUT2D eigenvalue weighted by atomic mass is 35.5. The predicted octanol–water partition coefficient (Wildman–Crippen LogP) is 2.29. The fourth-order valence-electron chi connectivity index (χ4n) is 1.26. The Hall–Kier alpha value is -0.870. The van der Waals surface area contributed by atoms with Gasteiger partial charge in [-0.15, -0.1) is 22.9 Å². The third-order valence-electron chi connectivity index (χ3n) is 1.98. The Bertz CT molecular complexity index is 517. The molecular formula is C9H9ClN2OS. The lowest BCUT2D eigenvalue weighted by Crippen LogP contribution is -2.09. The number of aryl methyl sites for hydroxylation is 1. The van der Waals surface area contributed by atoms with Crippen LogP contribution in [0.25, 0.3) is 10.2 Å². The van der Waals surface area contributed by atoms with Gasteiger partial charge in [-0.05, 0) is 12.5 Å². The SMILES string of the molecule is CCc1cc2c(=O)[nH]c(CCl)nc2s1. The molecule has 0 atom stereocenters. The third kappa shape index (κ3) is 1.55. The number of halogens is 1. The van der Waals surface area contributed by atoms with Crippen LogP contribution >= 0.6 is 22.9 Å². The van der Waals surface area contributed by atoms with Gasteiger partial charge in [0.25, 0.3) is 5.56 Å². The first-order valence-corrected chi connectivity index (χ1v) is 5.67. The maximum absolute atomic E-state index is 11.5. The lowest BCUT2D eigenvalue weighted by molar-refractivity contribution is 1.04. The van der Waals surface area contributed by atoms with E-state index in [1.54, 1.807) is 11.3 Å². The van der Waals surface area contributed by atoms with E-state index in [-0.39, 0.29) is 11.4 Å². The summed E-state index contributed by atoms with van der Waals surface area (Å²) >= 11 is 7.16. The van der Waals surface area contributed by atoms with Gasteiger partial charge in [-0.25, -0.2) is 4.98 Å². The highest BCUT2D eigenvalue weighted by molar-refractivity contribution is 7.18. The van der Waals surface area contributed by atoms with Gasteiger partial charge in [0, 0.05) is 4.88 Å². The van der Waals surface area contributed by atoms with E-state index in [1.807, 2.05) is 6.07 Å². The second kappa shape index (κ2) is 3.71. The van der Waals surface area contributed by atoms with Gasteiger partial charge in [0.1, 0.15) is 10.7 Å². The molecule has 14 heavy (non-hydrogen) atoms. The summed E-state index contributed by atoms with van der Waals surface area (Å²) in [6.45, 7) is 2.06. The summed E-state index contributed by atoms with van der Waals surface area (Å²) in [5.74, 6) is 0.776. The second-order valence-electron chi connectivity index (χ2n) is 2.93. The molecule has 0 aromatic carbocycles. The van der Waals surface area contributed by atoms with Crippen LogP contribution in [-0.4, -0.2) is 9.97 Å². The van der Waals surface area contributed by atoms with Gasteiger partial charge in [0.15, 0.2) is 0 Å². The highest BCUT2D eigenvalue weighted by Crippen LogP contribution is 2.21. The van der Waals surface area contributed by atoms with Crippen LogP contribution < -0.4 is 5.56 Å². The zero-order valence-corrected chi connectivity index (χ0v) is 9.21. The van der Waals surface area contributed by atoms with E-state index in [2.05, 4.69) is 16.9 Å². The molecule has 5 heteroatoms. The number of aromatic nitrogens is 2. The normalized spacial score (nSPS) is 11.0. The highest BCUT2D eigenvalue weighted by Gasteiger charge is 2.06. The van der Waals surface area contributed by atoms with Gasteiger partial charge in [-0.1, -0.05) is 6.92 Å². The standard InChI is InChI=1S/C9H9ClN2OS/c1-2-5-3-6-8(13)11-7(4-10)12-9(6)14-5/h3H,2,4H2,1H3,(H,11,12,13). The third-order valence-corrected chi connectivity index (χ3v) is 3.40. The molecule has 0 saturated heterocycles. The average Bonchev–Trinajstić information content (AvgIpc) is 2.61. The topological polar surface area (TPSA) is 45.8 Å². The van der Waals surface area contributed by atoms with E-state index >= 15 is 0 Å². The number of nitrogens with zero attached hydrogens (tertiary/aromatic N) is 1. The summed E-state index contributed by atoms with van der Waals surface area (Å²) < 4.78 is 0. The molecule has 0 bridgehead atoms. The largest absolute Gasteiger partial charge is 0.309 e. The first-order chi connectivity index (χ1) is 6.74. The van der Waals surface area contributed by atoms with E-state index in [9.17, 15) is 4.79 Å². The van der Waals surface area contributed by atoms with Crippen molar-refractivity contribution in [1.82, 2.24) is 9.97 Å². The van der Waals surface area contributed by atoms with Gasteiger partial charge in [0.2, 0.25) is 0 Å². The zero-order valence-electron chi connectivity index (χ0n) is 7.63. The van der Waals surface area contributed by atoms with Crippen molar-refractivity contribution in [3.8, 4) is 0 Å². The summed E-state index contributed by atoms with van der Waals surface area (Å²) in [5, 5.41) is 0.667. The Morgan fingerprint density at radius 1 is 1.64 bits per heavy atom. The van der Waals surface area contributed by atoms with Gasteiger partial charge < -0.3 is 4.98 Å². The molecule has 0 amide bonds. The molecular weight excluding hydrogens is 220 g/mol. The molecule has 0 aliphatic carbocycles. The number of hydrogen-bond acceptors (Lipinski definition) is 3. The van der Waals surface area contributed by atoms with Gasteiger partial charge in [0.05, 0.1) is 11.3 Å². The van der Waals surface area contributed by atoms with Crippen LogP contribution in [0, 0.1) is 0 Å². The molecule has 0 saturated carbocycles. The molecule has 0 fully saturated rings. The number of thiophene rings is 1. The zero-order chi connectivity index (χ0) is 10.1. The lowest BCUT2D eigenvalue weighted by Gasteiger charge is -1.93. The first kappa shape index (κ1) is 9.68. The fraction of sp³-hybridized carbons (Fsp3) is 0.333. The monoisotopic (exact) mass is 228 g/mol. The van der Waals surface area contributed by atoms with Gasteiger partial charge in [-0.2, -0.15) is 0 Å². The Morgan fingerprint density at radius 2 is 2.43 bits per heavy atom. The van der Waals surface area contributed by atoms with E-state index in [4.69, 9.17) is 11.6 Å². The molecule has 0 radical (unpaired) electrons. The van der Waals surface area contributed by atoms with Crippen molar-refractivity contribution in [2.24, 2.45) is 0 Å².